The van der Waals surface area contributed by atoms with Crippen LogP contribution in [0.4, 0.5) is 8.78 Å². The van der Waals surface area contributed by atoms with Gasteiger partial charge in [0.05, 0.1) is 6.54 Å². The molecule has 0 amide bonds. The minimum absolute atomic E-state index is 0.339. The van der Waals surface area contributed by atoms with E-state index in [0.717, 1.165) is 17.4 Å². The van der Waals surface area contributed by atoms with E-state index in [1.165, 1.54) is 18.8 Å². The van der Waals surface area contributed by atoms with Gasteiger partial charge in [0.15, 0.2) is 0 Å². The minimum Gasteiger partial charge on any atom is -0.276 e. The number of halogens is 2. The predicted molar refractivity (Wildman–Crippen MR) is 64.9 cm³/mol. The fourth-order valence-corrected chi connectivity index (χ4v) is 2.55. The van der Waals surface area contributed by atoms with Gasteiger partial charge in [0.1, 0.15) is 5.82 Å². The van der Waals surface area contributed by atoms with Crippen molar-refractivity contribution in [3.05, 3.63) is 18.2 Å². The Morgan fingerprint density at radius 2 is 2.06 bits per heavy atom. The normalized spacial score (nSPS) is 25.8. The number of hydrogen-bond acceptors (Lipinski definition) is 3. The molecule has 1 saturated heterocycles. The molecule has 2 rings (SSSR count). The molecule has 2 unspecified atom stereocenters. The highest BCUT2D eigenvalue weighted by molar-refractivity contribution is 4.92. The molecule has 4 nitrogen and oxygen atoms in total. The zero-order chi connectivity index (χ0) is 13.1. The van der Waals surface area contributed by atoms with Gasteiger partial charge in [0, 0.05) is 24.5 Å². The molecule has 0 aromatic carbocycles. The summed E-state index contributed by atoms with van der Waals surface area (Å²) in [5.41, 5.74) is 3.24. The van der Waals surface area contributed by atoms with Crippen LogP contribution in [0, 0.1) is 0 Å². The second-order valence-electron chi connectivity index (χ2n) is 4.90. The van der Waals surface area contributed by atoms with Crippen LogP contribution in [-0.2, 0) is 6.54 Å². The second kappa shape index (κ2) is 5.75. The van der Waals surface area contributed by atoms with Crippen molar-refractivity contribution in [1.82, 2.24) is 20.0 Å². The third-order valence-electron chi connectivity index (χ3n) is 3.57. The fourth-order valence-electron chi connectivity index (χ4n) is 2.55. The van der Waals surface area contributed by atoms with E-state index in [2.05, 4.69) is 29.3 Å². The molecule has 0 aliphatic carbocycles. The largest absolute Gasteiger partial charge is 0.319 e. The molecule has 1 aliphatic heterocycles. The summed E-state index contributed by atoms with van der Waals surface area (Å²) in [6.45, 7) is 2.12. The predicted octanol–water partition coefficient (Wildman–Crippen LogP) is 2.55. The van der Waals surface area contributed by atoms with Crippen LogP contribution in [-0.4, -0.2) is 26.6 Å². The Bertz CT molecular complexity index is 370. The smallest absolute Gasteiger partial charge is 0.276 e. The van der Waals surface area contributed by atoms with Crippen LogP contribution >= 0.6 is 0 Å². The SMILES string of the molecule is CC1CCCC(C)N1NCc1nccn1C(F)F. The maximum atomic E-state index is 12.7. The van der Waals surface area contributed by atoms with E-state index >= 15 is 0 Å². The molecule has 0 radical (unpaired) electrons. The van der Waals surface area contributed by atoms with E-state index in [1.54, 1.807) is 0 Å². The second-order valence-corrected chi connectivity index (χ2v) is 4.90. The summed E-state index contributed by atoms with van der Waals surface area (Å²) in [5.74, 6) is 0.370. The number of hydrogen-bond donors (Lipinski definition) is 1. The van der Waals surface area contributed by atoms with Crippen molar-refractivity contribution in [2.75, 3.05) is 0 Å². The number of alkyl halides is 2. The first-order valence-electron chi connectivity index (χ1n) is 6.41. The quantitative estimate of drug-likeness (QED) is 0.901. The summed E-state index contributed by atoms with van der Waals surface area (Å²) in [7, 11) is 0. The van der Waals surface area contributed by atoms with Crippen LogP contribution in [0.15, 0.2) is 12.4 Å². The van der Waals surface area contributed by atoms with Gasteiger partial charge in [-0.15, -0.1) is 0 Å². The summed E-state index contributed by atoms with van der Waals surface area (Å²) >= 11 is 0. The molecular formula is C12H20F2N4. The zero-order valence-corrected chi connectivity index (χ0v) is 10.8. The number of rotatable bonds is 4. The Balaban J connectivity index is 1.96. The molecule has 1 aromatic rings. The van der Waals surface area contributed by atoms with E-state index < -0.39 is 6.55 Å². The van der Waals surface area contributed by atoms with Crippen LogP contribution in [0.1, 0.15) is 45.5 Å². The summed E-state index contributed by atoms with van der Waals surface area (Å²) < 4.78 is 26.2. The van der Waals surface area contributed by atoms with Gasteiger partial charge in [-0.05, 0) is 26.7 Å². The number of nitrogens with zero attached hydrogens (tertiary/aromatic N) is 3. The van der Waals surface area contributed by atoms with Crippen LogP contribution in [0.3, 0.4) is 0 Å². The third kappa shape index (κ3) is 2.87. The molecule has 18 heavy (non-hydrogen) atoms. The molecule has 0 bridgehead atoms. The molecule has 0 saturated carbocycles. The van der Waals surface area contributed by atoms with Crippen molar-refractivity contribution >= 4 is 0 Å². The highest BCUT2D eigenvalue weighted by Gasteiger charge is 2.24. The lowest BCUT2D eigenvalue weighted by Crippen LogP contribution is -2.51. The maximum absolute atomic E-state index is 12.7. The van der Waals surface area contributed by atoms with E-state index in [9.17, 15) is 8.78 Å². The lowest BCUT2D eigenvalue weighted by Gasteiger charge is -2.39. The van der Waals surface area contributed by atoms with E-state index in [0.29, 0.717) is 24.5 Å². The molecule has 0 spiro atoms. The first-order valence-corrected chi connectivity index (χ1v) is 6.41. The molecule has 1 N–H and O–H groups in total. The van der Waals surface area contributed by atoms with Crippen molar-refractivity contribution in [3.63, 3.8) is 0 Å². The van der Waals surface area contributed by atoms with E-state index in [1.807, 2.05) is 0 Å². The molecule has 2 atom stereocenters. The van der Waals surface area contributed by atoms with Gasteiger partial charge in [-0.1, -0.05) is 6.42 Å². The minimum atomic E-state index is -2.53. The number of nitrogens with one attached hydrogen (secondary N) is 1. The standard InChI is InChI=1S/C12H20F2N4/c1-9-4-3-5-10(2)18(9)16-8-11-15-6-7-17(11)12(13)14/h6-7,9-10,12,16H,3-5,8H2,1-2H3. The molecule has 1 aromatic heterocycles. The monoisotopic (exact) mass is 258 g/mol. The van der Waals surface area contributed by atoms with Crippen molar-refractivity contribution < 1.29 is 8.78 Å². The van der Waals surface area contributed by atoms with Crippen molar-refractivity contribution in [3.8, 4) is 0 Å². The topological polar surface area (TPSA) is 33.1 Å². The third-order valence-corrected chi connectivity index (χ3v) is 3.57. The first kappa shape index (κ1) is 13.4. The summed E-state index contributed by atoms with van der Waals surface area (Å²) in [4.78, 5) is 3.97. The number of aromatic nitrogens is 2. The lowest BCUT2D eigenvalue weighted by molar-refractivity contribution is 0.0362. The molecule has 102 valence electrons. The number of hydrazine groups is 1. The van der Waals surface area contributed by atoms with Crippen molar-refractivity contribution in [2.24, 2.45) is 0 Å². The molecule has 2 heterocycles. The zero-order valence-electron chi connectivity index (χ0n) is 10.8. The van der Waals surface area contributed by atoms with Gasteiger partial charge in [-0.25, -0.2) is 15.4 Å². The van der Waals surface area contributed by atoms with Gasteiger partial charge in [0.25, 0.3) is 0 Å². The molecule has 1 fully saturated rings. The average Bonchev–Trinajstić information content (AvgIpc) is 2.76. The highest BCUT2D eigenvalue weighted by atomic mass is 19.3. The van der Waals surface area contributed by atoms with E-state index in [4.69, 9.17) is 0 Å². The van der Waals surface area contributed by atoms with Gasteiger partial charge in [0.2, 0.25) is 0 Å². The van der Waals surface area contributed by atoms with Gasteiger partial charge in [-0.3, -0.25) is 4.57 Å². The van der Waals surface area contributed by atoms with Crippen molar-refractivity contribution in [2.45, 2.75) is 58.3 Å². The summed E-state index contributed by atoms with van der Waals surface area (Å²) in [6.07, 6.45) is 6.23. The summed E-state index contributed by atoms with van der Waals surface area (Å²) in [5, 5.41) is 2.16. The van der Waals surface area contributed by atoms with Gasteiger partial charge < -0.3 is 0 Å². The van der Waals surface area contributed by atoms with E-state index in [-0.39, 0.29) is 0 Å². The Morgan fingerprint density at radius 3 is 2.67 bits per heavy atom. The molecular weight excluding hydrogens is 238 g/mol. The Labute approximate surface area is 106 Å². The first-order chi connectivity index (χ1) is 8.59. The number of piperidine rings is 1. The van der Waals surface area contributed by atoms with Gasteiger partial charge >= 0.3 is 6.55 Å². The van der Waals surface area contributed by atoms with Crippen LogP contribution in [0.25, 0.3) is 0 Å². The Kier molecular flexibility index (Phi) is 4.29. The molecule has 1 aliphatic rings. The Hall–Kier alpha value is -1.01. The highest BCUT2D eigenvalue weighted by Crippen LogP contribution is 2.20. The number of imidazole rings is 1. The van der Waals surface area contributed by atoms with Crippen LogP contribution < -0.4 is 5.43 Å². The fraction of sp³-hybridized carbons (Fsp3) is 0.750. The summed E-state index contributed by atoms with van der Waals surface area (Å²) in [6, 6.07) is 0.868. The van der Waals surface area contributed by atoms with Crippen LogP contribution in [0.5, 0.6) is 0 Å². The molecule has 6 heteroatoms. The average molecular weight is 258 g/mol. The van der Waals surface area contributed by atoms with Gasteiger partial charge in [-0.2, -0.15) is 8.78 Å². The van der Waals surface area contributed by atoms with Crippen LogP contribution in [0.2, 0.25) is 0 Å². The maximum Gasteiger partial charge on any atom is 0.319 e. The Morgan fingerprint density at radius 1 is 1.39 bits per heavy atom. The lowest BCUT2D eigenvalue weighted by atomic mass is 10.00. The van der Waals surface area contributed by atoms with Crippen molar-refractivity contribution in [1.29, 1.82) is 0 Å².